The molecule has 0 aromatic carbocycles. The maximum atomic E-state index is 9.77. The Kier molecular flexibility index (Phi) is 2.50. The van der Waals surface area contributed by atoms with Crippen molar-refractivity contribution in [2.24, 2.45) is 5.92 Å². The topological polar surface area (TPSA) is 23.5 Å². The monoisotopic (exact) mass is 171 g/mol. The number of rotatable bonds is 0. The zero-order chi connectivity index (χ0) is 9.52. The average molecular weight is 171 g/mol. The van der Waals surface area contributed by atoms with Crippen LogP contribution in [0.25, 0.3) is 0 Å². The molecule has 3 unspecified atom stereocenters. The SMILES string of the molecule is CC1C(O)CC(C)(C)N(C)C1C. The lowest BCUT2D eigenvalue weighted by Crippen LogP contribution is -2.57. The summed E-state index contributed by atoms with van der Waals surface area (Å²) in [4.78, 5) is 2.37. The first-order chi connectivity index (χ1) is 5.36. The number of aliphatic hydroxyl groups is 1. The van der Waals surface area contributed by atoms with Gasteiger partial charge in [0, 0.05) is 11.6 Å². The second kappa shape index (κ2) is 3.00. The maximum absolute atomic E-state index is 9.77. The zero-order valence-corrected chi connectivity index (χ0v) is 8.83. The highest BCUT2D eigenvalue weighted by Gasteiger charge is 2.40. The van der Waals surface area contributed by atoms with Crippen LogP contribution in [0.4, 0.5) is 0 Å². The van der Waals surface area contributed by atoms with Gasteiger partial charge < -0.3 is 5.11 Å². The standard InChI is InChI=1S/C10H21NO/c1-7-8(2)11(5)10(3,4)6-9(7)12/h7-9,12H,6H2,1-5H3. The van der Waals surface area contributed by atoms with Crippen molar-refractivity contribution in [1.29, 1.82) is 0 Å². The van der Waals surface area contributed by atoms with Crippen LogP contribution in [0, 0.1) is 5.92 Å². The Labute approximate surface area is 75.6 Å². The van der Waals surface area contributed by atoms with Crippen LogP contribution in [0.3, 0.4) is 0 Å². The Morgan fingerprint density at radius 2 is 1.83 bits per heavy atom. The average Bonchev–Trinajstić information content (AvgIpc) is 1.97. The van der Waals surface area contributed by atoms with E-state index in [9.17, 15) is 5.11 Å². The van der Waals surface area contributed by atoms with Crippen LogP contribution in [-0.2, 0) is 0 Å². The van der Waals surface area contributed by atoms with Gasteiger partial charge in [0.05, 0.1) is 6.10 Å². The molecule has 1 rings (SSSR count). The third kappa shape index (κ3) is 1.50. The first-order valence-electron chi connectivity index (χ1n) is 4.77. The van der Waals surface area contributed by atoms with Gasteiger partial charge in [-0.25, -0.2) is 0 Å². The van der Waals surface area contributed by atoms with Gasteiger partial charge in [0.15, 0.2) is 0 Å². The summed E-state index contributed by atoms with van der Waals surface area (Å²) >= 11 is 0. The van der Waals surface area contributed by atoms with E-state index in [-0.39, 0.29) is 11.6 Å². The van der Waals surface area contributed by atoms with Crippen molar-refractivity contribution in [3.63, 3.8) is 0 Å². The van der Waals surface area contributed by atoms with Crippen molar-refractivity contribution in [2.45, 2.75) is 51.8 Å². The molecule has 2 nitrogen and oxygen atoms in total. The molecule has 0 aromatic heterocycles. The molecule has 1 fully saturated rings. The molecule has 0 radical (unpaired) electrons. The second-order valence-corrected chi connectivity index (χ2v) is 4.79. The summed E-state index contributed by atoms with van der Waals surface area (Å²) in [7, 11) is 2.15. The summed E-state index contributed by atoms with van der Waals surface area (Å²) in [6, 6.07) is 0.476. The zero-order valence-electron chi connectivity index (χ0n) is 8.83. The summed E-state index contributed by atoms with van der Waals surface area (Å²) in [5.74, 6) is 0.392. The van der Waals surface area contributed by atoms with E-state index in [0.717, 1.165) is 6.42 Å². The Balaban J connectivity index is 2.78. The summed E-state index contributed by atoms with van der Waals surface area (Å²) in [6.07, 6.45) is 0.751. The molecule has 2 heteroatoms. The van der Waals surface area contributed by atoms with Gasteiger partial charge in [0.25, 0.3) is 0 Å². The normalized spacial score (nSPS) is 43.0. The Morgan fingerprint density at radius 1 is 1.33 bits per heavy atom. The number of nitrogens with zero attached hydrogens (tertiary/aromatic N) is 1. The van der Waals surface area contributed by atoms with Gasteiger partial charge in [-0.2, -0.15) is 0 Å². The maximum Gasteiger partial charge on any atom is 0.0598 e. The first-order valence-corrected chi connectivity index (χ1v) is 4.77. The van der Waals surface area contributed by atoms with Gasteiger partial charge in [0.1, 0.15) is 0 Å². The molecule has 12 heavy (non-hydrogen) atoms. The summed E-state index contributed by atoms with van der Waals surface area (Å²) in [5.41, 5.74) is 0.144. The van der Waals surface area contributed by atoms with Crippen molar-refractivity contribution in [3.8, 4) is 0 Å². The lowest BCUT2D eigenvalue weighted by Gasteiger charge is -2.49. The van der Waals surface area contributed by atoms with E-state index in [1.165, 1.54) is 0 Å². The Hall–Kier alpha value is -0.0800. The molecule has 1 heterocycles. The van der Waals surface area contributed by atoms with E-state index in [1.807, 2.05) is 0 Å². The van der Waals surface area contributed by atoms with Crippen molar-refractivity contribution < 1.29 is 5.11 Å². The summed E-state index contributed by atoms with van der Waals surface area (Å²) in [5, 5.41) is 9.77. The van der Waals surface area contributed by atoms with Crippen molar-refractivity contribution in [3.05, 3.63) is 0 Å². The molecule has 1 N–H and O–H groups in total. The van der Waals surface area contributed by atoms with Crippen molar-refractivity contribution >= 4 is 0 Å². The molecule has 0 aliphatic carbocycles. The number of piperidine rings is 1. The lowest BCUT2D eigenvalue weighted by atomic mass is 9.79. The van der Waals surface area contributed by atoms with Crippen LogP contribution in [0.15, 0.2) is 0 Å². The Morgan fingerprint density at radius 3 is 2.33 bits per heavy atom. The van der Waals surface area contributed by atoms with Crippen molar-refractivity contribution in [2.75, 3.05) is 7.05 Å². The second-order valence-electron chi connectivity index (χ2n) is 4.79. The van der Waals surface area contributed by atoms with E-state index in [1.54, 1.807) is 0 Å². The fourth-order valence-corrected chi connectivity index (χ4v) is 2.07. The fraction of sp³-hybridized carbons (Fsp3) is 1.00. The van der Waals surface area contributed by atoms with Crippen LogP contribution in [0.1, 0.15) is 34.1 Å². The molecule has 0 amide bonds. The summed E-state index contributed by atoms with van der Waals surface area (Å²) in [6.45, 7) is 8.70. The largest absolute Gasteiger partial charge is 0.393 e. The highest BCUT2D eigenvalue weighted by molar-refractivity contribution is 4.94. The van der Waals surface area contributed by atoms with Crippen LogP contribution < -0.4 is 0 Å². The molecular formula is C10H21NO. The van der Waals surface area contributed by atoms with Crippen LogP contribution in [0.2, 0.25) is 0 Å². The third-order valence-corrected chi connectivity index (χ3v) is 3.64. The lowest BCUT2D eigenvalue weighted by molar-refractivity contribution is -0.0588. The number of likely N-dealkylation sites (tertiary alicyclic amines) is 1. The van der Waals surface area contributed by atoms with Gasteiger partial charge in [-0.15, -0.1) is 0 Å². The van der Waals surface area contributed by atoms with E-state index >= 15 is 0 Å². The van der Waals surface area contributed by atoms with E-state index in [0.29, 0.717) is 12.0 Å². The molecule has 0 saturated carbocycles. The molecule has 0 bridgehead atoms. The molecule has 1 aliphatic heterocycles. The summed E-state index contributed by atoms with van der Waals surface area (Å²) < 4.78 is 0. The van der Waals surface area contributed by atoms with Gasteiger partial charge >= 0.3 is 0 Å². The molecule has 1 aliphatic rings. The number of aliphatic hydroxyl groups excluding tert-OH is 1. The quantitative estimate of drug-likeness (QED) is 0.597. The van der Waals surface area contributed by atoms with Crippen molar-refractivity contribution in [1.82, 2.24) is 4.90 Å². The highest BCUT2D eigenvalue weighted by Crippen LogP contribution is 2.33. The van der Waals surface area contributed by atoms with Gasteiger partial charge in [0.2, 0.25) is 0 Å². The fourth-order valence-electron chi connectivity index (χ4n) is 2.07. The third-order valence-electron chi connectivity index (χ3n) is 3.64. The number of hydrogen-bond donors (Lipinski definition) is 1. The molecule has 0 spiro atoms. The molecule has 3 atom stereocenters. The molecule has 72 valence electrons. The van der Waals surface area contributed by atoms with E-state index in [2.05, 4.69) is 39.6 Å². The van der Waals surface area contributed by atoms with Gasteiger partial charge in [-0.1, -0.05) is 6.92 Å². The predicted octanol–water partition coefficient (Wildman–Crippen LogP) is 1.49. The van der Waals surface area contributed by atoms with Crippen LogP contribution in [0.5, 0.6) is 0 Å². The minimum Gasteiger partial charge on any atom is -0.393 e. The van der Waals surface area contributed by atoms with Gasteiger partial charge in [-0.05, 0) is 40.2 Å². The van der Waals surface area contributed by atoms with E-state index < -0.39 is 0 Å². The highest BCUT2D eigenvalue weighted by atomic mass is 16.3. The minimum atomic E-state index is -0.133. The smallest absolute Gasteiger partial charge is 0.0598 e. The van der Waals surface area contributed by atoms with Crippen LogP contribution >= 0.6 is 0 Å². The first kappa shape index (κ1) is 10.0. The van der Waals surface area contributed by atoms with Gasteiger partial charge in [-0.3, -0.25) is 4.90 Å². The minimum absolute atomic E-state index is 0.133. The van der Waals surface area contributed by atoms with Crippen LogP contribution in [-0.4, -0.2) is 34.7 Å². The number of hydrogen-bond acceptors (Lipinski definition) is 2. The predicted molar refractivity (Wildman–Crippen MR) is 51.1 cm³/mol. The molecule has 1 saturated heterocycles. The molecule has 0 aromatic rings. The Bertz CT molecular complexity index is 167. The molecular weight excluding hydrogens is 150 g/mol. The van der Waals surface area contributed by atoms with E-state index in [4.69, 9.17) is 0 Å².